The zero-order valence-corrected chi connectivity index (χ0v) is 9.79. The van der Waals surface area contributed by atoms with Crippen LogP contribution in [0, 0.1) is 18.8 Å². The molecule has 1 aromatic carbocycles. The second-order valence-corrected chi connectivity index (χ2v) is 4.93. The van der Waals surface area contributed by atoms with Gasteiger partial charge in [0.2, 0.25) is 0 Å². The fourth-order valence-electron chi connectivity index (χ4n) is 2.10. The fraction of sp³-hybridized carbons (Fsp3) is 0.571. The molecule has 1 N–H and O–H groups in total. The van der Waals surface area contributed by atoms with E-state index in [-0.39, 0.29) is 0 Å². The molecule has 0 bridgehead atoms. The lowest BCUT2D eigenvalue weighted by Crippen LogP contribution is -2.21. The summed E-state index contributed by atoms with van der Waals surface area (Å²) in [5, 5.41) is 3.55. The highest BCUT2D eigenvalue weighted by Crippen LogP contribution is 2.36. The zero-order valence-electron chi connectivity index (χ0n) is 9.79. The predicted molar refractivity (Wildman–Crippen MR) is 64.8 cm³/mol. The molecule has 1 unspecified atom stereocenters. The third kappa shape index (κ3) is 3.35. The standard InChI is InChI=1S/C14H21N/c1-11-4-3-5-13(8-11)10-15-9-12(2)14-6-7-14/h3-5,8,12,14-15H,6-7,9-10H2,1-2H3. The number of benzene rings is 1. The van der Waals surface area contributed by atoms with Crippen LogP contribution in [0.1, 0.15) is 30.9 Å². The van der Waals surface area contributed by atoms with Gasteiger partial charge in [0.1, 0.15) is 0 Å². The minimum Gasteiger partial charge on any atom is -0.312 e. The Bertz CT molecular complexity index is 315. The first-order valence-electron chi connectivity index (χ1n) is 6.02. The summed E-state index contributed by atoms with van der Waals surface area (Å²) >= 11 is 0. The van der Waals surface area contributed by atoms with Gasteiger partial charge in [-0.25, -0.2) is 0 Å². The molecule has 1 aliphatic rings. The Morgan fingerprint density at radius 2 is 2.20 bits per heavy atom. The number of nitrogens with one attached hydrogen (secondary N) is 1. The van der Waals surface area contributed by atoms with Gasteiger partial charge in [0.05, 0.1) is 0 Å². The van der Waals surface area contributed by atoms with Gasteiger partial charge in [-0.15, -0.1) is 0 Å². The number of rotatable bonds is 5. The first-order chi connectivity index (χ1) is 7.25. The van der Waals surface area contributed by atoms with Gasteiger partial charge in [0, 0.05) is 6.54 Å². The molecule has 1 aliphatic carbocycles. The topological polar surface area (TPSA) is 12.0 Å². The normalized spacial score (nSPS) is 17.7. The molecule has 0 heterocycles. The van der Waals surface area contributed by atoms with E-state index in [1.807, 2.05) is 0 Å². The Labute approximate surface area is 92.9 Å². The molecule has 1 nitrogen and oxygen atoms in total. The van der Waals surface area contributed by atoms with Gasteiger partial charge in [-0.1, -0.05) is 36.8 Å². The highest BCUT2D eigenvalue weighted by Gasteiger charge is 2.27. The first kappa shape index (κ1) is 10.7. The van der Waals surface area contributed by atoms with Crippen LogP contribution in [0.4, 0.5) is 0 Å². The fourth-order valence-corrected chi connectivity index (χ4v) is 2.10. The molecule has 0 radical (unpaired) electrons. The van der Waals surface area contributed by atoms with Gasteiger partial charge in [0.15, 0.2) is 0 Å². The van der Waals surface area contributed by atoms with Crippen LogP contribution in [0.5, 0.6) is 0 Å². The largest absolute Gasteiger partial charge is 0.312 e. The van der Waals surface area contributed by atoms with Crippen molar-refractivity contribution >= 4 is 0 Å². The molecule has 1 fully saturated rings. The summed E-state index contributed by atoms with van der Waals surface area (Å²) < 4.78 is 0. The van der Waals surface area contributed by atoms with Crippen molar-refractivity contribution in [1.29, 1.82) is 0 Å². The van der Waals surface area contributed by atoms with Crippen molar-refractivity contribution in [3.05, 3.63) is 35.4 Å². The van der Waals surface area contributed by atoms with Crippen LogP contribution < -0.4 is 5.32 Å². The third-order valence-corrected chi connectivity index (χ3v) is 3.30. The molecule has 0 spiro atoms. The summed E-state index contributed by atoms with van der Waals surface area (Å²) in [4.78, 5) is 0. The van der Waals surface area contributed by atoms with Crippen molar-refractivity contribution in [2.75, 3.05) is 6.54 Å². The summed E-state index contributed by atoms with van der Waals surface area (Å²) in [5.74, 6) is 1.87. The molecular formula is C14H21N. The first-order valence-corrected chi connectivity index (χ1v) is 6.02. The lowest BCUT2D eigenvalue weighted by molar-refractivity contribution is 0.461. The Kier molecular flexibility index (Phi) is 3.42. The second kappa shape index (κ2) is 4.80. The third-order valence-electron chi connectivity index (χ3n) is 3.30. The van der Waals surface area contributed by atoms with E-state index in [0.717, 1.165) is 18.4 Å². The smallest absolute Gasteiger partial charge is 0.0205 e. The van der Waals surface area contributed by atoms with Gasteiger partial charge < -0.3 is 5.32 Å². The number of hydrogen-bond donors (Lipinski definition) is 1. The van der Waals surface area contributed by atoms with Gasteiger partial charge in [-0.3, -0.25) is 0 Å². The average molecular weight is 203 g/mol. The number of aryl methyl sites for hydroxylation is 1. The molecule has 15 heavy (non-hydrogen) atoms. The van der Waals surface area contributed by atoms with Crippen molar-refractivity contribution in [2.24, 2.45) is 11.8 Å². The molecule has 2 rings (SSSR count). The monoisotopic (exact) mass is 203 g/mol. The van der Waals surface area contributed by atoms with E-state index < -0.39 is 0 Å². The highest BCUT2D eigenvalue weighted by atomic mass is 14.9. The van der Waals surface area contributed by atoms with Crippen LogP contribution in [0.2, 0.25) is 0 Å². The summed E-state index contributed by atoms with van der Waals surface area (Å²) in [5.41, 5.74) is 2.75. The van der Waals surface area contributed by atoms with Crippen molar-refractivity contribution in [1.82, 2.24) is 5.32 Å². The Hall–Kier alpha value is -0.820. The summed E-state index contributed by atoms with van der Waals surface area (Å²) in [6.45, 7) is 6.69. The molecule has 1 heteroatoms. The van der Waals surface area contributed by atoms with E-state index >= 15 is 0 Å². The molecule has 1 saturated carbocycles. The molecule has 0 saturated heterocycles. The van der Waals surface area contributed by atoms with E-state index in [1.54, 1.807) is 0 Å². The highest BCUT2D eigenvalue weighted by molar-refractivity contribution is 5.21. The van der Waals surface area contributed by atoms with Crippen molar-refractivity contribution in [3.63, 3.8) is 0 Å². The van der Waals surface area contributed by atoms with Crippen LogP contribution >= 0.6 is 0 Å². The van der Waals surface area contributed by atoms with E-state index in [0.29, 0.717) is 0 Å². The summed E-state index contributed by atoms with van der Waals surface area (Å²) in [6.07, 6.45) is 2.90. The lowest BCUT2D eigenvalue weighted by atomic mass is 10.1. The van der Waals surface area contributed by atoms with Gasteiger partial charge in [-0.2, -0.15) is 0 Å². The van der Waals surface area contributed by atoms with E-state index in [9.17, 15) is 0 Å². The molecule has 82 valence electrons. The Morgan fingerprint density at radius 3 is 2.87 bits per heavy atom. The van der Waals surface area contributed by atoms with E-state index in [4.69, 9.17) is 0 Å². The lowest BCUT2D eigenvalue weighted by Gasteiger charge is -2.11. The van der Waals surface area contributed by atoms with Gasteiger partial charge >= 0.3 is 0 Å². The minimum absolute atomic E-state index is 0.856. The van der Waals surface area contributed by atoms with Crippen molar-refractivity contribution < 1.29 is 0 Å². The molecular weight excluding hydrogens is 182 g/mol. The van der Waals surface area contributed by atoms with E-state index in [2.05, 4.69) is 43.4 Å². The van der Waals surface area contributed by atoms with Crippen LogP contribution in [-0.4, -0.2) is 6.54 Å². The van der Waals surface area contributed by atoms with E-state index in [1.165, 1.54) is 30.5 Å². The SMILES string of the molecule is Cc1cccc(CNCC(C)C2CC2)c1. The average Bonchev–Trinajstić information content (AvgIpc) is 3.00. The van der Waals surface area contributed by atoms with Crippen LogP contribution in [0.15, 0.2) is 24.3 Å². The molecule has 0 amide bonds. The Balaban J connectivity index is 1.73. The second-order valence-electron chi connectivity index (χ2n) is 4.93. The maximum atomic E-state index is 3.55. The minimum atomic E-state index is 0.856. The summed E-state index contributed by atoms with van der Waals surface area (Å²) in [6, 6.07) is 8.74. The molecule has 1 aromatic rings. The molecule has 0 aliphatic heterocycles. The number of hydrogen-bond acceptors (Lipinski definition) is 1. The summed E-state index contributed by atoms with van der Waals surface area (Å²) in [7, 11) is 0. The van der Waals surface area contributed by atoms with Crippen LogP contribution in [-0.2, 0) is 6.54 Å². The molecule has 1 atom stereocenters. The van der Waals surface area contributed by atoms with Crippen LogP contribution in [0.25, 0.3) is 0 Å². The van der Waals surface area contributed by atoms with Gasteiger partial charge in [-0.05, 0) is 43.7 Å². The molecule has 0 aromatic heterocycles. The van der Waals surface area contributed by atoms with Crippen LogP contribution in [0.3, 0.4) is 0 Å². The quantitative estimate of drug-likeness (QED) is 0.775. The maximum Gasteiger partial charge on any atom is 0.0205 e. The Morgan fingerprint density at radius 1 is 1.40 bits per heavy atom. The maximum absolute atomic E-state index is 3.55. The predicted octanol–water partition coefficient (Wildman–Crippen LogP) is 3.13. The zero-order chi connectivity index (χ0) is 10.7. The van der Waals surface area contributed by atoms with Gasteiger partial charge in [0.25, 0.3) is 0 Å². The van der Waals surface area contributed by atoms with Crippen molar-refractivity contribution in [2.45, 2.75) is 33.2 Å². The van der Waals surface area contributed by atoms with Crippen molar-refractivity contribution in [3.8, 4) is 0 Å².